The van der Waals surface area contributed by atoms with E-state index in [-0.39, 0.29) is 0 Å². The average molecular weight is 218 g/mol. The summed E-state index contributed by atoms with van der Waals surface area (Å²) in [5.74, 6) is 0. The van der Waals surface area contributed by atoms with Crippen molar-refractivity contribution in [3.8, 4) is 0 Å². The van der Waals surface area contributed by atoms with E-state index in [0.717, 1.165) is 12.2 Å². The topological polar surface area (TPSA) is 24.9 Å². The van der Waals surface area contributed by atoms with Crippen LogP contribution >= 0.6 is 11.3 Å². The van der Waals surface area contributed by atoms with Gasteiger partial charge in [0, 0.05) is 11.1 Å². The summed E-state index contributed by atoms with van der Waals surface area (Å²) in [5, 5.41) is 5.50. The van der Waals surface area contributed by atoms with Crippen molar-refractivity contribution >= 4 is 17.0 Å². The quantitative estimate of drug-likeness (QED) is 0.854. The summed E-state index contributed by atoms with van der Waals surface area (Å²) in [7, 11) is 0. The van der Waals surface area contributed by atoms with Crippen LogP contribution in [0.15, 0.2) is 29.1 Å². The minimum absolute atomic E-state index is 0.801. The first-order valence-electron chi connectivity index (χ1n) is 4.94. The number of hydrogen-bond acceptors (Lipinski definition) is 3. The zero-order valence-corrected chi connectivity index (χ0v) is 9.77. The molecule has 0 fully saturated rings. The van der Waals surface area contributed by atoms with E-state index in [2.05, 4.69) is 47.7 Å². The summed E-state index contributed by atoms with van der Waals surface area (Å²) in [6.07, 6.45) is 0. The minimum Gasteiger partial charge on any atom is -0.379 e. The summed E-state index contributed by atoms with van der Waals surface area (Å²) < 4.78 is 0. The van der Waals surface area contributed by atoms with E-state index in [1.165, 1.54) is 16.8 Å². The molecule has 2 rings (SSSR count). The molecule has 0 aliphatic rings. The van der Waals surface area contributed by atoms with Crippen LogP contribution in [0.1, 0.15) is 16.8 Å². The number of rotatable bonds is 3. The molecule has 0 aliphatic heterocycles. The van der Waals surface area contributed by atoms with Crippen LogP contribution in [-0.2, 0) is 6.54 Å². The highest BCUT2D eigenvalue weighted by Crippen LogP contribution is 2.20. The number of nitrogens with zero attached hydrogens (tertiary/aromatic N) is 1. The molecule has 2 nitrogen and oxygen atoms in total. The van der Waals surface area contributed by atoms with Gasteiger partial charge in [-0.05, 0) is 25.0 Å². The Hall–Kier alpha value is -1.35. The Kier molecular flexibility index (Phi) is 3.02. The van der Waals surface area contributed by atoms with Crippen LogP contribution in [-0.4, -0.2) is 4.98 Å². The number of para-hydroxylation sites is 1. The van der Waals surface area contributed by atoms with Crippen LogP contribution < -0.4 is 5.32 Å². The lowest BCUT2D eigenvalue weighted by Crippen LogP contribution is -2.02. The molecule has 0 saturated carbocycles. The van der Waals surface area contributed by atoms with Gasteiger partial charge < -0.3 is 5.32 Å². The fourth-order valence-electron chi connectivity index (χ4n) is 1.60. The molecule has 0 saturated heterocycles. The second kappa shape index (κ2) is 4.45. The zero-order chi connectivity index (χ0) is 10.7. The molecule has 3 heteroatoms. The van der Waals surface area contributed by atoms with Crippen molar-refractivity contribution in [3.63, 3.8) is 0 Å². The van der Waals surface area contributed by atoms with Gasteiger partial charge in [-0.25, -0.2) is 4.98 Å². The van der Waals surface area contributed by atoms with E-state index in [1.54, 1.807) is 11.3 Å². The van der Waals surface area contributed by atoms with E-state index in [9.17, 15) is 0 Å². The average Bonchev–Trinajstić information content (AvgIpc) is 2.70. The number of anilines is 1. The van der Waals surface area contributed by atoms with Gasteiger partial charge >= 0.3 is 0 Å². The molecule has 15 heavy (non-hydrogen) atoms. The smallest absolute Gasteiger partial charge is 0.0795 e. The molecule has 0 amide bonds. The summed E-state index contributed by atoms with van der Waals surface area (Å²) >= 11 is 1.63. The van der Waals surface area contributed by atoms with Crippen LogP contribution in [0.4, 0.5) is 5.69 Å². The predicted octanol–water partition coefficient (Wildman–Crippen LogP) is 3.37. The second-order valence-electron chi connectivity index (χ2n) is 3.60. The first-order valence-corrected chi connectivity index (χ1v) is 5.89. The molecule has 78 valence electrons. The summed E-state index contributed by atoms with van der Waals surface area (Å²) in [6.45, 7) is 5.04. The van der Waals surface area contributed by atoms with Gasteiger partial charge in [-0.2, -0.15) is 0 Å². The van der Waals surface area contributed by atoms with Gasteiger partial charge in [0.15, 0.2) is 0 Å². The molecule has 0 spiro atoms. The Morgan fingerprint density at radius 1 is 1.27 bits per heavy atom. The van der Waals surface area contributed by atoms with Crippen LogP contribution in [0, 0.1) is 13.8 Å². The Morgan fingerprint density at radius 2 is 2.00 bits per heavy atom. The third-order valence-electron chi connectivity index (χ3n) is 2.41. The van der Waals surface area contributed by atoms with Gasteiger partial charge in [0.25, 0.3) is 0 Å². The number of hydrogen-bond donors (Lipinski definition) is 1. The molecule has 0 radical (unpaired) electrons. The minimum atomic E-state index is 0.801. The lowest BCUT2D eigenvalue weighted by atomic mass is 10.1. The molecule has 1 aromatic heterocycles. The predicted molar refractivity (Wildman–Crippen MR) is 65.4 cm³/mol. The molecule has 0 atom stereocenters. The first-order chi connectivity index (χ1) is 7.27. The third kappa shape index (κ3) is 2.36. The number of nitrogens with one attached hydrogen (secondary N) is 1. The lowest BCUT2D eigenvalue weighted by Gasteiger charge is -2.11. The Bertz CT molecular complexity index is 415. The SMILES string of the molecule is Cc1cccc(C)c1NCc1cscn1. The molecule has 1 heterocycles. The molecule has 1 aromatic carbocycles. The van der Waals surface area contributed by atoms with Gasteiger partial charge in [0.05, 0.1) is 17.7 Å². The Labute approximate surface area is 94.0 Å². The molecule has 1 N–H and O–H groups in total. The highest BCUT2D eigenvalue weighted by Gasteiger charge is 2.01. The summed E-state index contributed by atoms with van der Waals surface area (Å²) in [5.41, 5.74) is 6.76. The van der Waals surface area contributed by atoms with Gasteiger partial charge in [0.1, 0.15) is 0 Å². The number of benzene rings is 1. The van der Waals surface area contributed by atoms with Crippen LogP contribution in [0.2, 0.25) is 0 Å². The molecule has 0 unspecified atom stereocenters. The van der Waals surface area contributed by atoms with E-state index in [1.807, 2.05) is 5.51 Å². The maximum Gasteiger partial charge on any atom is 0.0795 e. The van der Waals surface area contributed by atoms with E-state index < -0.39 is 0 Å². The van der Waals surface area contributed by atoms with Crippen molar-refractivity contribution in [1.82, 2.24) is 4.98 Å². The standard InChI is InChI=1S/C12H14N2S/c1-9-4-3-5-10(2)12(9)13-6-11-7-15-8-14-11/h3-5,7-8,13H,6H2,1-2H3. The number of aryl methyl sites for hydroxylation is 2. The third-order valence-corrected chi connectivity index (χ3v) is 3.05. The van der Waals surface area contributed by atoms with Gasteiger partial charge in [-0.1, -0.05) is 18.2 Å². The molecular weight excluding hydrogens is 204 g/mol. The van der Waals surface area contributed by atoms with Crippen molar-refractivity contribution < 1.29 is 0 Å². The van der Waals surface area contributed by atoms with Crippen molar-refractivity contribution in [2.24, 2.45) is 0 Å². The molecule has 0 aliphatic carbocycles. The monoisotopic (exact) mass is 218 g/mol. The van der Waals surface area contributed by atoms with Crippen LogP contribution in [0.3, 0.4) is 0 Å². The van der Waals surface area contributed by atoms with Gasteiger partial charge in [-0.3, -0.25) is 0 Å². The van der Waals surface area contributed by atoms with Crippen molar-refractivity contribution in [1.29, 1.82) is 0 Å². The summed E-state index contributed by atoms with van der Waals surface area (Å²) in [6, 6.07) is 6.32. The fourth-order valence-corrected chi connectivity index (χ4v) is 2.16. The maximum atomic E-state index is 4.25. The Morgan fingerprint density at radius 3 is 2.60 bits per heavy atom. The normalized spacial score (nSPS) is 10.3. The number of thiazole rings is 1. The van der Waals surface area contributed by atoms with E-state index in [0.29, 0.717) is 0 Å². The summed E-state index contributed by atoms with van der Waals surface area (Å²) in [4.78, 5) is 4.25. The van der Waals surface area contributed by atoms with Crippen molar-refractivity contribution in [2.45, 2.75) is 20.4 Å². The lowest BCUT2D eigenvalue weighted by molar-refractivity contribution is 1.06. The van der Waals surface area contributed by atoms with E-state index >= 15 is 0 Å². The first kappa shape index (κ1) is 10.2. The maximum absolute atomic E-state index is 4.25. The second-order valence-corrected chi connectivity index (χ2v) is 4.32. The Balaban J connectivity index is 2.11. The molecular formula is C12H14N2S. The largest absolute Gasteiger partial charge is 0.379 e. The van der Waals surface area contributed by atoms with Gasteiger partial charge in [0.2, 0.25) is 0 Å². The highest BCUT2D eigenvalue weighted by molar-refractivity contribution is 7.07. The van der Waals surface area contributed by atoms with Crippen LogP contribution in [0.5, 0.6) is 0 Å². The van der Waals surface area contributed by atoms with Crippen molar-refractivity contribution in [3.05, 3.63) is 45.9 Å². The molecule has 0 bridgehead atoms. The number of aromatic nitrogens is 1. The highest BCUT2D eigenvalue weighted by atomic mass is 32.1. The van der Waals surface area contributed by atoms with Crippen LogP contribution in [0.25, 0.3) is 0 Å². The zero-order valence-electron chi connectivity index (χ0n) is 8.95. The van der Waals surface area contributed by atoms with Crippen molar-refractivity contribution in [2.75, 3.05) is 5.32 Å². The fraction of sp³-hybridized carbons (Fsp3) is 0.250. The van der Waals surface area contributed by atoms with Gasteiger partial charge in [-0.15, -0.1) is 11.3 Å². The van der Waals surface area contributed by atoms with E-state index in [4.69, 9.17) is 0 Å². The molecule has 2 aromatic rings.